The van der Waals surface area contributed by atoms with Crippen molar-refractivity contribution in [1.82, 2.24) is 15.0 Å². The summed E-state index contributed by atoms with van der Waals surface area (Å²) in [7, 11) is 0. The topological polar surface area (TPSA) is 64.7 Å². The summed E-state index contributed by atoms with van der Waals surface area (Å²) in [6.45, 7) is 2.03. The van der Waals surface area contributed by atoms with Gasteiger partial charge in [0, 0.05) is 30.5 Å². The zero-order valence-electron chi connectivity index (χ0n) is 11.4. The molecule has 3 aromatic rings. The van der Waals surface area contributed by atoms with Crippen LogP contribution in [0.3, 0.4) is 0 Å². The third-order valence-corrected chi connectivity index (χ3v) is 3.27. The molecule has 2 heterocycles. The Balaban J connectivity index is 2.03. The second kappa shape index (κ2) is 5.25. The number of pyridine rings is 1. The molecule has 2 N–H and O–H groups in total. The summed E-state index contributed by atoms with van der Waals surface area (Å²) in [5.41, 5.74) is 8.99. The summed E-state index contributed by atoms with van der Waals surface area (Å²) in [5.74, 6) is 1.32. The lowest BCUT2D eigenvalue weighted by atomic mass is 10.0. The zero-order chi connectivity index (χ0) is 13.9. The Kier molecular flexibility index (Phi) is 3.29. The van der Waals surface area contributed by atoms with E-state index in [2.05, 4.69) is 21.0 Å². The minimum absolute atomic E-state index is 0.533. The van der Waals surface area contributed by atoms with Crippen LogP contribution in [0, 0.1) is 0 Å². The quantitative estimate of drug-likeness (QED) is 0.790. The second-order valence-corrected chi connectivity index (χ2v) is 4.72. The molecule has 3 rings (SSSR count). The molecule has 0 bridgehead atoms. The van der Waals surface area contributed by atoms with Gasteiger partial charge in [-0.15, -0.1) is 0 Å². The van der Waals surface area contributed by atoms with E-state index in [1.54, 1.807) is 0 Å². The first kappa shape index (κ1) is 12.5. The van der Waals surface area contributed by atoms with Crippen LogP contribution in [0.15, 0.2) is 42.6 Å². The number of nitrogens with two attached hydrogens (primary N) is 1. The van der Waals surface area contributed by atoms with Crippen LogP contribution in [0.4, 0.5) is 5.82 Å². The molecule has 20 heavy (non-hydrogen) atoms. The van der Waals surface area contributed by atoms with Gasteiger partial charge in [0.05, 0.1) is 11.2 Å². The van der Waals surface area contributed by atoms with Crippen LogP contribution in [-0.2, 0) is 12.8 Å². The predicted molar refractivity (Wildman–Crippen MR) is 80.4 cm³/mol. The van der Waals surface area contributed by atoms with E-state index in [9.17, 15) is 0 Å². The second-order valence-electron chi connectivity index (χ2n) is 4.72. The van der Waals surface area contributed by atoms with Crippen LogP contribution in [-0.4, -0.2) is 15.0 Å². The number of hydrogen-bond donors (Lipinski definition) is 1. The number of nitrogens with zero attached hydrogens (tertiary/aromatic N) is 3. The Hall–Kier alpha value is -2.49. The molecule has 4 nitrogen and oxygen atoms in total. The van der Waals surface area contributed by atoms with Crippen molar-refractivity contribution in [2.75, 3.05) is 5.73 Å². The highest BCUT2D eigenvalue weighted by molar-refractivity contribution is 5.82. The molecule has 0 fully saturated rings. The van der Waals surface area contributed by atoms with E-state index in [0.29, 0.717) is 5.82 Å². The Morgan fingerprint density at radius 2 is 1.95 bits per heavy atom. The van der Waals surface area contributed by atoms with Crippen LogP contribution in [0.2, 0.25) is 0 Å². The average molecular weight is 264 g/mol. The first-order chi connectivity index (χ1) is 9.76. The molecule has 0 aliphatic carbocycles. The van der Waals surface area contributed by atoms with Gasteiger partial charge in [0.25, 0.3) is 0 Å². The van der Waals surface area contributed by atoms with E-state index < -0.39 is 0 Å². The lowest BCUT2D eigenvalue weighted by Crippen LogP contribution is -2.03. The van der Waals surface area contributed by atoms with Gasteiger partial charge in [-0.3, -0.25) is 4.98 Å². The van der Waals surface area contributed by atoms with Gasteiger partial charge in [-0.1, -0.05) is 25.1 Å². The van der Waals surface area contributed by atoms with Crippen molar-refractivity contribution >= 4 is 16.7 Å². The van der Waals surface area contributed by atoms with E-state index in [-0.39, 0.29) is 0 Å². The molecule has 2 aromatic heterocycles. The molecule has 100 valence electrons. The number of aryl methyl sites for hydroxylation is 1. The molecule has 0 saturated carbocycles. The van der Waals surface area contributed by atoms with E-state index in [1.807, 2.05) is 43.5 Å². The molecule has 1 aromatic carbocycles. The first-order valence-electron chi connectivity index (χ1n) is 6.71. The van der Waals surface area contributed by atoms with Crippen LogP contribution < -0.4 is 5.73 Å². The lowest BCUT2D eigenvalue weighted by molar-refractivity contribution is 0.904. The van der Waals surface area contributed by atoms with Crippen molar-refractivity contribution in [2.45, 2.75) is 19.8 Å². The number of aromatic nitrogens is 3. The Bertz CT molecular complexity index is 747. The molecule has 0 atom stereocenters. The van der Waals surface area contributed by atoms with Gasteiger partial charge in [-0.2, -0.15) is 0 Å². The SMILES string of the molecule is CCc1nc(N)cc(Cc2ccnc3ccccc23)n1. The third-order valence-electron chi connectivity index (χ3n) is 3.27. The maximum atomic E-state index is 5.84. The molecule has 0 spiro atoms. The summed E-state index contributed by atoms with van der Waals surface area (Å²) in [4.78, 5) is 13.1. The van der Waals surface area contributed by atoms with Crippen molar-refractivity contribution in [3.8, 4) is 0 Å². The first-order valence-corrected chi connectivity index (χ1v) is 6.71. The number of benzene rings is 1. The van der Waals surface area contributed by atoms with E-state index in [1.165, 1.54) is 5.56 Å². The highest BCUT2D eigenvalue weighted by atomic mass is 14.9. The molecule has 4 heteroatoms. The standard InChI is InChI=1S/C16H16N4/c1-2-16-19-12(10-15(17)20-16)9-11-7-8-18-14-6-4-3-5-13(11)14/h3-8,10H,2,9H2,1H3,(H2,17,19,20). The van der Waals surface area contributed by atoms with Crippen molar-refractivity contribution in [1.29, 1.82) is 0 Å². The fourth-order valence-electron chi connectivity index (χ4n) is 2.33. The summed E-state index contributed by atoms with van der Waals surface area (Å²) in [5, 5.41) is 1.16. The Morgan fingerprint density at radius 3 is 2.80 bits per heavy atom. The fourth-order valence-corrected chi connectivity index (χ4v) is 2.33. The number of para-hydroxylation sites is 1. The number of nitrogen functional groups attached to an aromatic ring is 1. The zero-order valence-corrected chi connectivity index (χ0v) is 11.4. The predicted octanol–water partition coefficient (Wildman–Crippen LogP) is 2.76. The van der Waals surface area contributed by atoms with Gasteiger partial charge in [0.15, 0.2) is 0 Å². The molecule has 0 radical (unpaired) electrons. The summed E-state index contributed by atoms with van der Waals surface area (Å²) < 4.78 is 0. The van der Waals surface area contributed by atoms with Gasteiger partial charge in [0.2, 0.25) is 0 Å². The number of hydrogen-bond acceptors (Lipinski definition) is 4. The molecule has 0 unspecified atom stereocenters. The lowest BCUT2D eigenvalue weighted by Gasteiger charge is -2.07. The van der Waals surface area contributed by atoms with Crippen LogP contribution >= 0.6 is 0 Å². The van der Waals surface area contributed by atoms with Crippen molar-refractivity contribution in [3.05, 3.63) is 59.7 Å². The minimum atomic E-state index is 0.533. The largest absolute Gasteiger partial charge is 0.384 e. The van der Waals surface area contributed by atoms with E-state index >= 15 is 0 Å². The van der Waals surface area contributed by atoms with Gasteiger partial charge in [-0.05, 0) is 17.7 Å². The summed E-state index contributed by atoms with van der Waals surface area (Å²) in [6.07, 6.45) is 3.36. The van der Waals surface area contributed by atoms with Crippen LogP contribution in [0.1, 0.15) is 24.0 Å². The van der Waals surface area contributed by atoms with Crippen molar-refractivity contribution < 1.29 is 0 Å². The van der Waals surface area contributed by atoms with Gasteiger partial charge in [0.1, 0.15) is 11.6 Å². The Morgan fingerprint density at radius 1 is 1.10 bits per heavy atom. The van der Waals surface area contributed by atoms with E-state index in [4.69, 9.17) is 5.73 Å². The molecule has 0 aliphatic heterocycles. The van der Waals surface area contributed by atoms with Gasteiger partial charge in [-0.25, -0.2) is 9.97 Å². The van der Waals surface area contributed by atoms with Gasteiger partial charge < -0.3 is 5.73 Å². The normalized spacial score (nSPS) is 10.8. The fraction of sp³-hybridized carbons (Fsp3) is 0.188. The maximum Gasteiger partial charge on any atom is 0.130 e. The Labute approximate surface area is 117 Å². The minimum Gasteiger partial charge on any atom is -0.384 e. The molecule has 0 amide bonds. The molecular weight excluding hydrogens is 248 g/mol. The highest BCUT2D eigenvalue weighted by Crippen LogP contribution is 2.19. The maximum absolute atomic E-state index is 5.84. The number of fused-ring (bicyclic) bond motifs is 1. The highest BCUT2D eigenvalue weighted by Gasteiger charge is 2.06. The smallest absolute Gasteiger partial charge is 0.130 e. The molecular formula is C16H16N4. The average Bonchev–Trinajstić information content (AvgIpc) is 2.47. The molecule has 0 saturated heterocycles. The number of rotatable bonds is 3. The van der Waals surface area contributed by atoms with E-state index in [0.717, 1.165) is 35.3 Å². The van der Waals surface area contributed by atoms with Crippen molar-refractivity contribution in [2.24, 2.45) is 0 Å². The van der Waals surface area contributed by atoms with Crippen LogP contribution in [0.5, 0.6) is 0 Å². The van der Waals surface area contributed by atoms with Gasteiger partial charge >= 0.3 is 0 Å². The number of anilines is 1. The third kappa shape index (κ3) is 2.45. The monoisotopic (exact) mass is 264 g/mol. The van der Waals surface area contributed by atoms with Crippen molar-refractivity contribution in [3.63, 3.8) is 0 Å². The summed E-state index contributed by atoms with van der Waals surface area (Å²) >= 11 is 0. The molecule has 0 aliphatic rings. The summed E-state index contributed by atoms with van der Waals surface area (Å²) in [6, 6.07) is 12.0. The van der Waals surface area contributed by atoms with Crippen LogP contribution in [0.25, 0.3) is 10.9 Å².